The molecule has 0 amide bonds. The second-order valence-corrected chi connectivity index (χ2v) is 3.79. The molecular formula is C8H11NOS. The van der Waals surface area contributed by atoms with Crippen molar-refractivity contribution < 1.29 is 5.21 Å². The highest BCUT2D eigenvalue weighted by Gasteiger charge is 2.01. The van der Waals surface area contributed by atoms with Gasteiger partial charge < -0.3 is 5.21 Å². The van der Waals surface area contributed by atoms with Crippen LogP contribution in [0.2, 0.25) is 0 Å². The van der Waals surface area contributed by atoms with E-state index in [1.165, 1.54) is 11.1 Å². The lowest BCUT2D eigenvalue weighted by atomic mass is 10.2. The summed E-state index contributed by atoms with van der Waals surface area (Å²) in [5.74, 6) is 0.556. The predicted molar refractivity (Wildman–Crippen MR) is 47.8 cm³/mol. The standard InChI is InChI=1S/C8H11NOS/c1-6(2)8-4-3-7(11-8)5-9-10/h3-6,10H,1-2H3/b9-5+. The Bertz CT molecular complexity index is 252. The van der Waals surface area contributed by atoms with E-state index in [0.29, 0.717) is 5.92 Å². The monoisotopic (exact) mass is 169 g/mol. The molecule has 1 aromatic heterocycles. The van der Waals surface area contributed by atoms with Crippen LogP contribution in [0.5, 0.6) is 0 Å². The fourth-order valence-electron chi connectivity index (χ4n) is 0.805. The summed E-state index contributed by atoms with van der Waals surface area (Å²) in [5, 5.41) is 11.2. The number of oxime groups is 1. The SMILES string of the molecule is CC(C)c1ccc(/C=N/O)s1. The summed E-state index contributed by atoms with van der Waals surface area (Å²) >= 11 is 1.66. The van der Waals surface area contributed by atoms with Crippen molar-refractivity contribution in [3.05, 3.63) is 21.9 Å². The Morgan fingerprint density at radius 3 is 2.73 bits per heavy atom. The maximum atomic E-state index is 8.24. The van der Waals surface area contributed by atoms with Crippen LogP contribution in [0.1, 0.15) is 29.5 Å². The van der Waals surface area contributed by atoms with Gasteiger partial charge in [-0.15, -0.1) is 11.3 Å². The largest absolute Gasteiger partial charge is 0.411 e. The van der Waals surface area contributed by atoms with E-state index in [4.69, 9.17) is 5.21 Å². The normalized spacial score (nSPS) is 11.5. The molecule has 1 N–H and O–H groups in total. The molecule has 0 atom stereocenters. The zero-order valence-corrected chi connectivity index (χ0v) is 7.43. The van der Waals surface area contributed by atoms with Gasteiger partial charge in [0, 0.05) is 9.75 Å². The Balaban J connectivity index is 2.81. The van der Waals surface area contributed by atoms with Gasteiger partial charge in [-0.1, -0.05) is 19.0 Å². The lowest BCUT2D eigenvalue weighted by molar-refractivity contribution is 0.322. The second kappa shape index (κ2) is 3.53. The van der Waals surface area contributed by atoms with Gasteiger partial charge >= 0.3 is 0 Å². The Labute approximate surface area is 70.2 Å². The predicted octanol–water partition coefficient (Wildman–Crippen LogP) is 2.68. The van der Waals surface area contributed by atoms with Gasteiger partial charge in [0.15, 0.2) is 0 Å². The first-order valence-electron chi connectivity index (χ1n) is 3.51. The van der Waals surface area contributed by atoms with E-state index in [9.17, 15) is 0 Å². The molecule has 0 aromatic carbocycles. The Morgan fingerprint density at radius 1 is 1.55 bits per heavy atom. The molecule has 0 spiro atoms. The van der Waals surface area contributed by atoms with Crippen LogP contribution in [-0.2, 0) is 0 Å². The topological polar surface area (TPSA) is 32.6 Å². The molecule has 0 unspecified atom stereocenters. The highest BCUT2D eigenvalue weighted by Crippen LogP contribution is 2.22. The molecule has 2 nitrogen and oxygen atoms in total. The summed E-state index contributed by atoms with van der Waals surface area (Å²) in [6.07, 6.45) is 1.45. The minimum Gasteiger partial charge on any atom is -0.411 e. The van der Waals surface area contributed by atoms with Crippen LogP contribution in [0.4, 0.5) is 0 Å². The number of nitrogens with zero attached hydrogens (tertiary/aromatic N) is 1. The quantitative estimate of drug-likeness (QED) is 0.412. The third-order valence-corrected chi connectivity index (χ3v) is 2.72. The van der Waals surface area contributed by atoms with Crippen LogP contribution in [0, 0.1) is 0 Å². The number of rotatable bonds is 2. The second-order valence-electron chi connectivity index (χ2n) is 2.64. The smallest absolute Gasteiger partial charge is 0.0833 e. The fourth-order valence-corrected chi connectivity index (χ4v) is 1.68. The molecule has 3 heteroatoms. The van der Waals surface area contributed by atoms with E-state index >= 15 is 0 Å². The number of hydrogen-bond donors (Lipinski definition) is 1. The first kappa shape index (κ1) is 8.27. The van der Waals surface area contributed by atoms with Crippen LogP contribution in [0.15, 0.2) is 17.3 Å². The van der Waals surface area contributed by atoms with Crippen molar-refractivity contribution in [3.8, 4) is 0 Å². The van der Waals surface area contributed by atoms with Crippen molar-refractivity contribution in [2.45, 2.75) is 19.8 Å². The maximum Gasteiger partial charge on any atom is 0.0833 e. The van der Waals surface area contributed by atoms with Gasteiger partial charge in [-0.2, -0.15) is 0 Å². The molecule has 0 radical (unpaired) electrons. The molecule has 0 saturated carbocycles. The van der Waals surface area contributed by atoms with E-state index in [0.717, 1.165) is 4.88 Å². The van der Waals surface area contributed by atoms with Gasteiger partial charge in [0.2, 0.25) is 0 Å². The average molecular weight is 169 g/mol. The Morgan fingerprint density at radius 2 is 2.27 bits per heavy atom. The van der Waals surface area contributed by atoms with Crippen molar-refractivity contribution in [2.24, 2.45) is 5.16 Å². The highest BCUT2D eigenvalue weighted by atomic mass is 32.1. The van der Waals surface area contributed by atoms with Crippen molar-refractivity contribution in [1.29, 1.82) is 0 Å². The lowest BCUT2D eigenvalue weighted by Gasteiger charge is -1.96. The molecule has 0 fully saturated rings. The van der Waals surface area contributed by atoms with Crippen LogP contribution < -0.4 is 0 Å². The highest BCUT2D eigenvalue weighted by molar-refractivity contribution is 7.13. The lowest BCUT2D eigenvalue weighted by Crippen LogP contribution is -1.77. The minimum absolute atomic E-state index is 0.556. The molecule has 0 aliphatic heterocycles. The van der Waals surface area contributed by atoms with Crippen LogP contribution in [-0.4, -0.2) is 11.4 Å². The summed E-state index contributed by atoms with van der Waals surface area (Å²) in [6, 6.07) is 4.02. The molecule has 11 heavy (non-hydrogen) atoms. The van der Waals surface area contributed by atoms with Crippen LogP contribution in [0.3, 0.4) is 0 Å². The van der Waals surface area contributed by atoms with Crippen molar-refractivity contribution in [1.82, 2.24) is 0 Å². The van der Waals surface area contributed by atoms with Gasteiger partial charge in [-0.3, -0.25) is 0 Å². The zero-order valence-electron chi connectivity index (χ0n) is 6.61. The molecule has 60 valence electrons. The molecular weight excluding hydrogens is 158 g/mol. The van der Waals surface area contributed by atoms with Crippen molar-refractivity contribution in [3.63, 3.8) is 0 Å². The fraction of sp³-hybridized carbons (Fsp3) is 0.375. The van der Waals surface area contributed by atoms with Gasteiger partial charge in [0.25, 0.3) is 0 Å². The van der Waals surface area contributed by atoms with Crippen LogP contribution in [0.25, 0.3) is 0 Å². The molecule has 0 bridgehead atoms. The molecule has 1 rings (SSSR count). The Hall–Kier alpha value is -0.830. The minimum atomic E-state index is 0.556. The van der Waals surface area contributed by atoms with Gasteiger partial charge in [-0.05, 0) is 18.1 Å². The number of thiophene rings is 1. The van der Waals surface area contributed by atoms with E-state index in [1.807, 2.05) is 6.07 Å². The third-order valence-electron chi connectivity index (χ3n) is 1.40. The van der Waals surface area contributed by atoms with Gasteiger partial charge in [-0.25, -0.2) is 0 Å². The molecule has 1 aromatic rings. The maximum absolute atomic E-state index is 8.24. The average Bonchev–Trinajstić information content (AvgIpc) is 2.37. The first-order valence-corrected chi connectivity index (χ1v) is 4.33. The Kier molecular flexibility index (Phi) is 2.65. The van der Waals surface area contributed by atoms with Gasteiger partial charge in [0.1, 0.15) is 0 Å². The van der Waals surface area contributed by atoms with Gasteiger partial charge in [0.05, 0.1) is 6.21 Å². The van der Waals surface area contributed by atoms with E-state index in [2.05, 4.69) is 25.1 Å². The van der Waals surface area contributed by atoms with Crippen molar-refractivity contribution in [2.75, 3.05) is 0 Å². The molecule has 0 saturated heterocycles. The summed E-state index contributed by atoms with van der Waals surface area (Å²) in [7, 11) is 0. The van der Waals surface area contributed by atoms with Crippen LogP contribution >= 0.6 is 11.3 Å². The van der Waals surface area contributed by atoms with E-state index in [-0.39, 0.29) is 0 Å². The molecule has 0 aliphatic rings. The molecule has 1 heterocycles. The number of hydrogen-bond acceptors (Lipinski definition) is 3. The van der Waals surface area contributed by atoms with E-state index in [1.54, 1.807) is 11.3 Å². The summed E-state index contributed by atoms with van der Waals surface area (Å²) < 4.78 is 0. The summed E-state index contributed by atoms with van der Waals surface area (Å²) in [6.45, 7) is 4.29. The summed E-state index contributed by atoms with van der Waals surface area (Å²) in [5.41, 5.74) is 0. The summed E-state index contributed by atoms with van der Waals surface area (Å²) in [4.78, 5) is 2.32. The first-order chi connectivity index (χ1) is 5.24. The van der Waals surface area contributed by atoms with Crippen molar-refractivity contribution >= 4 is 17.6 Å². The zero-order chi connectivity index (χ0) is 8.27. The third kappa shape index (κ3) is 2.05. The van der Waals surface area contributed by atoms with E-state index < -0.39 is 0 Å². The molecule has 0 aliphatic carbocycles.